The largest absolute Gasteiger partial charge is 0.456 e. The Morgan fingerprint density at radius 1 is 0.554 bits per heavy atom. The molecule has 0 saturated heterocycles. The Labute approximate surface area is 384 Å². The lowest BCUT2D eigenvalue weighted by Crippen LogP contribution is -2.60. The minimum atomic E-state index is -0.160. The highest BCUT2D eigenvalue weighted by atomic mass is 32.1. The van der Waals surface area contributed by atoms with Crippen LogP contribution in [0.5, 0.6) is 0 Å². The standard InChI is InChI=1S/C60H49BN2OS/c1-32-24-43-40-27-46-39(38-25-34(59(5,6)7)20-23-45(38)60(46,8)9)29-49(40)63(35-21-18-33(19-22-35)58(2,3)4)61-47-28-42-37-15-11-13-17-53(37)65-54(42)31-50(47)62-48-30-52-41(36-14-10-12-16-51(36)64-52)26-44(48)55(32)57(62)56(43)61/h10-31H,1-9H3. The fourth-order valence-electron chi connectivity index (χ4n) is 12.2. The maximum atomic E-state index is 6.66. The van der Waals surface area contributed by atoms with E-state index in [0.717, 1.165) is 21.9 Å². The number of fused-ring (bicyclic) bond motifs is 17. The lowest BCUT2D eigenvalue weighted by atomic mass is 9.43. The zero-order chi connectivity index (χ0) is 44.2. The first-order valence-corrected chi connectivity index (χ1v) is 24.1. The Bertz CT molecular complexity index is 3960. The summed E-state index contributed by atoms with van der Waals surface area (Å²) in [6.07, 6.45) is 0. The average molecular weight is 857 g/mol. The van der Waals surface area contributed by atoms with Gasteiger partial charge in [-0.15, -0.1) is 11.3 Å². The lowest BCUT2D eigenvalue weighted by Gasteiger charge is -2.43. The molecule has 5 heterocycles. The molecule has 3 aliphatic rings. The first kappa shape index (κ1) is 37.8. The monoisotopic (exact) mass is 856 g/mol. The Kier molecular flexibility index (Phi) is 7.10. The molecule has 0 unspecified atom stereocenters. The van der Waals surface area contributed by atoms with Crippen LogP contribution in [0.3, 0.4) is 0 Å². The predicted octanol–water partition coefficient (Wildman–Crippen LogP) is 15.5. The van der Waals surface area contributed by atoms with Gasteiger partial charge in [0.1, 0.15) is 11.2 Å². The Balaban J connectivity index is 1.16. The molecule has 11 aromatic rings. The van der Waals surface area contributed by atoms with Crippen molar-refractivity contribution < 1.29 is 4.42 Å². The van der Waals surface area contributed by atoms with Crippen LogP contribution in [-0.4, -0.2) is 11.4 Å². The molecule has 0 bridgehead atoms. The van der Waals surface area contributed by atoms with E-state index in [-0.39, 0.29) is 23.1 Å². The quantitative estimate of drug-likeness (QED) is 0.153. The van der Waals surface area contributed by atoms with E-state index < -0.39 is 0 Å². The summed E-state index contributed by atoms with van der Waals surface area (Å²) in [6.45, 7) is 21.0. The average Bonchev–Trinajstić information content (AvgIpc) is 4.00. The first-order valence-electron chi connectivity index (χ1n) is 23.3. The summed E-state index contributed by atoms with van der Waals surface area (Å²) in [5, 5.41) is 7.56. The highest BCUT2D eigenvalue weighted by Crippen LogP contribution is 2.56. The molecule has 3 aromatic heterocycles. The molecule has 8 aromatic carbocycles. The maximum absolute atomic E-state index is 6.66. The molecular formula is C60H49BN2OS. The molecule has 0 fully saturated rings. The Morgan fingerprint density at radius 3 is 2.06 bits per heavy atom. The van der Waals surface area contributed by atoms with Crippen molar-refractivity contribution >= 4 is 104 Å². The van der Waals surface area contributed by atoms with E-state index in [9.17, 15) is 0 Å². The van der Waals surface area contributed by atoms with Gasteiger partial charge in [-0.25, -0.2) is 0 Å². The molecule has 0 spiro atoms. The van der Waals surface area contributed by atoms with Crippen molar-refractivity contribution in [2.24, 2.45) is 0 Å². The highest BCUT2D eigenvalue weighted by molar-refractivity contribution is 7.26. The van der Waals surface area contributed by atoms with E-state index in [2.05, 4.69) is 205 Å². The molecule has 2 aliphatic heterocycles. The van der Waals surface area contributed by atoms with Crippen LogP contribution < -0.4 is 15.7 Å². The number of aryl methyl sites for hydroxylation is 1. The van der Waals surface area contributed by atoms with E-state index >= 15 is 0 Å². The van der Waals surface area contributed by atoms with Crippen molar-refractivity contribution in [1.29, 1.82) is 0 Å². The van der Waals surface area contributed by atoms with E-state index in [4.69, 9.17) is 4.42 Å². The van der Waals surface area contributed by atoms with Gasteiger partial charge in [-0.1, -0.05) is 134 Å². The third-order valence-corrected chi connectivity index (χ3v) is 16.7. The first-order chi connectivity index (χ1) is 31.1. The van der Waals surface area contributed by atoms with Gasteiger partial charge in [-0.3, -0.25) is 0 Å². The summed E-state index contributed by atoms with van der Waals surface area (Å²) in [6, 6.07) is 51.7. The third kappa shape index (κ3) is 4.87. The molecule has 1 aliphatic carbocycles. The van der Waals surface area contributed by atoms with Gasteiger partial charge in [0, 0.05) is 75.8 Å². The van der Waals surface area contributed by atoms with Crippen molar-refractivity contribution in [2.45, 2.75) is 78.6 Å². The van der Waals surface area contributed by atoms with Gasteiger partial charge in [-0.05, 0) is 122 Å². The minimum absolute atomic E-state index is 0.0317. The molecule has 0 N–H and O–H groups in total. The second kappa shape index (κ2) is 12.2. The van der Waals surface area contributed by atoms with Crippen LogP contribution in [0.1, 0.15) is 83.2 Å². The van der Waals surface area contributed by atoms with Crippen molar-refractivity contribution in [3.8, 4) is 27.9 Å². The predicted molar refractivity (Wildman–Crippen MR) is 280 cm³/mol. The van der Waals surface area contributed by atoms with Crippen LogP contribution in [-0.2, 0) is 16.2 Å². The number of para-hydroxylation sites is 1. The van der Waals surface area contributed by atoms with E-state index in [1.54, 1.807) is 0 Å². The van der Waals surface area contributed by atoms with Crippen LogP contribution >= 0.6 is 11.3 Å². The van der Waals surface area contributed by atoms with Gasteiger partial charge < -0.3 is 13.8 Å². The van der Waals surface area contributed by atoms with Crippen LogP contribution in [0.4, 0.5) is 11.4 Å². The molecule has 65 heavy (non-hydrogen) atoms. The van der Waals surface area contributed by atoms with Crippen LogP contribution in [0, 0.1) is 6.92 Å². The van der Waals surface area contributed by atoms with Crippen molar-refractivity contribution in [3.63, 3.8) is 0 Å². The second-order valence-corrected chi connectivity index (χ2v) is 22.9. The van der Waals surface area contributed by atoms with E-state index in [0.29, 0.717) is 0 Å². The van der Waals surface area contributed by atoms with Gasteiger partial charge >= 0.3 is 6.85 Å². The maximum Gasteiger partial charge on any atom is 0.333 e. The smallest absolute Gasteiger partial charge is 0.333 e. The minimum Gasteiger partial charge on any atom is -0.456 e. The van der Waals surface area contributed by atoms with Crippen LogP contribution in [0.2, 0.25) is 0 Å². The number of anilines is 2. The molecule has 0 radical (unpaired) electrons. The number of nitrogens with zero attached hydrogens (tertiary/aromatic N) is 2. The molecule has 5 heteroatoms. The van der Waals surface area contributed by atoms with Crippen LogP contribution in [0.15, 0.2) is 138 Å². The summed E-state index contributed by atoms with van der Waals surface area (Å²) in [5.74, 6) is 0. The number of aromatic nitrogens is 1. The molecule has 14 rings (SSSR count). The summed E-state index contributed by atoms with van der Waals surface area (Å²) >= 11 is 1.90. The summed E-state index contributed by atoms with van der Waals surface area (Å²) in [4.78, 5) is 2.72. The zero-order valence-electron chi connectivity index (χ0n) is 38.5. The summed E-state index contributed by atoms with van der Waals surface area (Å²) in [5.41, 5.74) is 22.9. The van der Waals surface area contributed by atoms with Crippen molar-refractivity contribution in [2.75, 3.05) is 4.81 Å². The highest BCUT2D eigenvalue weighted by Gasteiger charge is 2.47. The number of rotatable bonds is 1. The van der Waals surface area contributed by atoms with E-state index in [1.165, 1.54) is 120 Å². The number of thiophene rings is 1. The van der Waals surface area contributed by atoms with E-state index in [1.807, 2.05) is 11.3 Å². The fourth-order valence-corrected chi connectivity index (χ4v) is 13.4. The fraction of sp³-hybridized carbons (Fsp3) is 0.200. The van der Waals surface area contributed by atoms with Gasteiger partial charge in [0.2, 0.25) is 0 Å². The van der Waals surface area contributed by atoms with Crippen molar-refractivity contribution in [3.05, 3.63) is 161 Å². The van der Waals surface area contributed by atoms with Crippen molar-refractivity contribution in [1.82, 2.24) is 4.57 Å². The normalized spacial score (nSPS) is 14.9. The number of furan rings is 1. The second-order valence-electron chi connectivity index (χ2n) is 21.8. The Hall–Kier alpha value is -6.56. The van der Waals surface area contributed by atoms with Crippen LogP contribution in [0.25, 0.3) is 91.9 Å². The van der Waals surface area contributed by atoms with Gasteiger partial charge in [-0.2, -0.15) is 0 Å². The molecule has 3 nitrogen and oxygen atoms in total. The molecule has 0 saturated carbocycles. The third-order valence-electron chi connectivity index (χ3n) is 15.6. The zero-order valence-corrected chi connectivity index (χ0v) is 39.3. The summed E-state index contributed by atoms with van der Waals surface area (Å²) in [7, 11) is 0. The lowest BCUT2D eigenvalue weighted by molar-refractivity contribution is 0.589. The number of hydrogen-bond donors (Lipinski definition) is 0. The molecule has 0 atom stereocenters. The molecule has 0 amide bonds. The number of hydrogen-bond acceptors (Lipinski definition) is 3. The molecule has 314 valence electrons. The SMILES string of the molecule is Cc1cc2c3c4c1c1cc5c(cc1n4-c1cc4sc6ccccc6c4cc1B3N(c1ccc(C(C)(C)C)cc1)c1cc3c(cc1-2)C(C)(C)c1ccc(C(C)(C)C)cc1-3)oc1ccccc15. The van der Waals surface area contributed by atoms with Gasteiger partial charge in [0.25, 0.3) is 0 Å². The topological polar surface area (TPSA) is 21.3 Å². The Morgan fingerprint density at radius 2 is 1.28 bits per heavy atom. The van der Waals surface area contributed by atoms with Gasteiger partial charge in [0.05, 0.1) is 11.0 Å². The number of benzene rings is 8. The van der Waals surface area contributed by atoms with Gasteiger partial charge in [0.15, 0.2) is 0 Å². The summed E-state index contributed by atoms with van der Waals surface area (Å²) < 4.78 is 11.9. The molecular weight excluding hydrogens is 808 g/mol.